The van der Waals surface area contributed by atoms with Crippen LogP contribution in [0.2, 0.25) is 0 Å². The van der Waals surface area contributed by atoms with Crippen LogP contribution in [0.3, 0.4) is 0 Å². The van der Waals surface area contributed by atoms with E-state index >= 15 is 0 Å². The molecule has 6 heteroatoms. The maximum Gasteiger partial charge on any atom is 0.359 e. The van der Waals surface area contributed by atoms with Crippen LogP contribution < -0.4 is 4.90 Å². The molecule has 0 N–H and O–H groups in total. The number of anilines is 1. The summed E-state index contributed by atoms with van der Waals surface area (Å²) < 4.78 is 7.25. The van der Waals surface area contributed by atoms with Gasteiger partial charge in [-0.3, -0.25) is 4.79 Å². The fourth-order valence-corrected chi connectivity index (χ4v) is 3.50. The van der Waals surface area contributed by atoms with Crippen molar-refractivity contribution >= 4 is 23.2 Å². The van der Waals surface area contributed by atoms with Crippen LogP contribution in [-0.4, -0.2) is 33.9 Å². The molecule has 1 aliphatic heterocycles. The van der Waals surface area contributed by atoms with E-state index in [-0.39, 0.29) is 11.6 Å². The molecule has 0 fully saturated rings. The summed E-state index contributed by atoms with van der Waals surface area (Å²) in [6, 6.07) is 13.5. The first kappa shape index (κ1) is 17.3. The van der Waals surface area contributed by atoms with Crippen molar-refractivity contribution in [2.24, 2.45) is 0 Å². The van der Waals surface area contributed by atoms with Gasteiger partial charge in [0.05, 0.1) is 0 Å². The first-order valence-corrected chi connectivity index (χ1v) is 9.09. The molecule has 0 aliphatic carbocycles. The number of nitrogens with zero attached hydrogens (tertiary/aromatic N) is 3. The highest BCUT2D eigenvalue weighted by Crippen LogP contribution is 2.27. The summed E-state index contributed by atoms with van der Waals surface area (Å²) in [4.78, 5) is 31.4. The number of hydrogen-bond acceptors (Lipinski definition) is 4. The molecule has 3 aromatic rings. The summed E-state index contributed by atoms with van der Waals surface area (Å²) in [6.45, 7) is 4.17. The largest absolute Gasteiger partial charge is 0.448 e. The second kappa shape index (κ2) is 6.87. The molecule has 1 unspecified atom stereocenters. The Morgan fingerprint density at radius 2 is 1.96 bits per heavy atom. The molecule has 0 bridgehead atoms. The number of ether oxygens (including phenoxy) is 1. The zero-order valence-corrected chi connectivity index (χ0v) is 15.4. The molecule has 0 saturated carbocycles. The summed E-state index contributed by atoms with van der Waals surface area (Å²) >= 11 is 0. The van der Waals surface area contributed by atoms with Gasteiger partial charge in [-0.15, -0.1) is 0 Å². The van der Waals surface area contributed by atoms with Gasteiger partial charge in [-0.2, -0.15) is 0 Å². The van der Waals surface area contributed by atoms with E-state index in [1.165, 1.54) is 0 Å². The molecule has 4 rings (SSSR count). The lowest BCUT2D eigenvalue weighted by Gasteiger charge is -2.31. The van der Waals surface area contributed by atoms with Crippen molar-refractivity contribution in [3.63, 3.8) is 0 Å². The highest BCUT2D eigenvalue weighted by Gasteiger charge is 2.29. The predicted octanol–water partition coefficient (Wildman–Crippen LogP) is 3.17. The molecule has 2 aromatic heterocycles. The minimum Gasteiger partial charge on any atom is -0.448 e. The Balaban J connectivity index is 1.51. The van der Waals surface area contributed by atoms with E-state index in [9.17, 15) is 9.59 Å². The lowest BCUT2D eigenvalue weighted by molar-refractivity contribution is -0.126. The van der Waals surface area contributed by atoms with Gasteiger partial charge < -0.3 is 14.0 Å². The fraction of sp³-hybridized carbons (Fsp3) is 0.286. The Kier molecular flexibility index (Phi) is 4.39. The minimum atomic E-state index is -0.880. The highest BCUT2D eigenvalue weighted by molar-refractivity contribution is 5.99. The second-order valence-electron chi connectivity index (χ2n) is 6.79. The van der Waals surface area contributed by atoms with Crippen LogP contribution in [0, 0.1) is 6.92 Å². The summed E-state index contributed by atoms with van der Waals surface area (Å²) in [5.74, 6) is -0.806. The maximum atomic E-state index is 12.9. The molecule has 1 aliphatic rings. The number of pyridine rings is 1. The lowest BCUT2D eigenvalue weighted by atomic mass is 10.0. The van der Waals surface area contributed by atoms with Crippen molar-refractivity contribution in [2.75, 3.05) is 11.4 Å². The number of esters is 1. The smallest absolute Gasteiger partial charge is 0.359 e. The van der Waals surface area contributed by atoms with Gasteiger partial charge in [0.2, 0.25) is 0 Å². The Bertz CT molecular complexity index is 1020. The minimum absolute atomic E-state index is 0.197. The number of benzene rings is 1. The van der Waals surface area contributed by atoms with Crippen molar-refractivity contribution in [1.82, 2.24) is 9.38 Å². The van der Waals surface area contributed by atoms with Gasteiger partial charge in [0.15, 0.2) is 11.8 Å². The van der Waals surface area contributed by atoms with Crippen LogP contribution in [0.15, 0.2) is 48.7 Å². The van der Waals surface area contributed by atoms with Gasteiger partial charge in [0, 0.05) is 24.1 Å². The van der Waals surface area contributed by atoms with Crippen molar-refractivity contribution < 1.29 is 14.3 Å². The number of fused-ring (bicyclic) bond motifs is 2. The molecule has 1 amide bonds. The van der Waals surface area contributed by atoms with Gasteiger partial charge in [-0.05, 0) is 50.5 Å². The maximum absolute atomic E-state index is 12.9. The number of aromatic nitrogens is 2. The summed E-state index contributed by atoms with van der Waals surface area (Å²) in [5, 5.41) is 0. The van der Waals surface area contributed by atoms with E-state index in [0.29, 0.717) is 12.2 Å². The number of hydrogen-bond donors (Lipinski definition) is 0. The van der Waals surface area contributed by atoms with Gasteiger partial charge in [-0.1, -0.05) is 24.3 Å². The number of amides is 1. The molecule has 1 aromatic carbocycles. The van der Waals surface area contributed by atoms with Gasteiger partial charge >= 0.3 is 5.97 Å². The van der Waals surface area contributed by atoms with Crippen LogP contribution >= 0.6 is 0 Å². The van der Waals surface area contributed by atoms with Crippen LogP contribution in [0.25, 0.3) is 5.65 Å². The zero-order valence-electron chi connectivity index (χ0n) is 15.4. The second-order valence-corrected chi connectivity index (χ2v) is 6.79. The first-order valence-electron chi connectivity index (χ1n) is 9.09. The van der Waals surface area contributed by atoms with E-state index in [4.69, 9.17) is 4.74 Å². The third kappa shape index (κ3) is 3.18. The molecule has 1 atom stereocenters. The van der Waals surface area contributed by atoms with Crippen molar-refractivity contribution in [3.05, 3.63) is 65.6 Å². The molecule has 27 heavy (non-hydrogen) atoms. The molecule has 6 nitrogen and oxygen atoms in total. The Morgan fingerprint density at radius 1 is 1.15 bits per heavy atom. The average molecular weight is 363 g/mol. The van der Waals surface area contributed by atoms with Crippen molar-refractivity contribution in [2.45, 2.75) is 32.8 Å². The third-order valence-corrected chi connectivity index (χ3v) is 4.91. The van der Waals surface area contributed by atoms with Crippen LogP contribution in [0.1, 0.15) is 35.1 Å². The van der Waals surface area contributed by atoms with E-state index in [2.05, 4.69) is 4.98 Å². The Hall–Kier alpha value is -3.15. The molecule has 0 spiro atoms. The zero-order chi connectivity index (χ0) is 19.0. The standard InChI is InChI=1S/C21H21N3O3/c1-14-7-5-11-19-22-17(13-24(14)19)21(26)27-15(2)20(25)23-12-6-9-16-8-3-4-10-18(16)23/h3-5,7-8,10-11,13,15H,6,9,12H2,1-2H3. The van der Waals surface area contributed by atoms with Crippen molar-refractivity contribution in [1.29, 1.82) is 0 Å². The highest BCUT2D eigenvalue weighted by atomic mass is 16.5. The fourth-order valence-electron chi connectivity index (χ4n) is 3.50. The molecule has 0 saturated heterocycles. The lowest BCUT2D eigenvalue weighted by Crippen LogP contribution is -2.42. The third-order valence-electron chi connectivity index (χ3n) is 4.91. The van der Waals surface area contributed by atoms with Gasteiger partial charge in [0.1, 0.15) is 5.65 Å². The number of imidazole rings is 1. The topological polar surface area (TPSA) is 63.9 Å². The summed E-state index contributed by atoms with van der Waals surface area (Å²) in [7, 11) is 0. The number of aryl methyl sites for hydroxylation is 2. The molecule has 0 radical (unpaired) electrons. The van der Waals surface area contributed by atoms with Crippen LogP contribution in [0.5, 0.6) is 0 Å². The first-order chi connectivity index (χ1) is 13.0. The summed E-state index contributed by atoms with van der Waals surface area (Å²) in [5.41, 5.74) is 3.88. The SMILES string of the molecule is Cc1cccc2nc(C(=O)OC(C)C(=O)N3CCCc4ccccc43)cn12. The van der Waals surface area contributed by atoms with Gasteiger partial charge in [0.25, 0.3) is 5.91 Å². The predicted molar refractivity (Wildman–Crippen MR) is 102 cm³/mol. The molecular formula is C21H21N3O3. The van der Waals surface area contributed by atoms with Crippen LogP contribution in [0.4, 0.5) is 5.69 Å². The van der Waals surface area contributed by atoms with E-state index in [1.807, 2.05) is 53.8 Å². The van der Waals surface area contributed by atoms with E-state index < -0.39 is 12.1 Å². The average Bonchev–Trinajstić information content (AvgIpc) is 3.13. The monoisotopic (exact) mass is 363 g/mol. The number of carbonyl (C=O) groups excluding carboxylic acids is 2. The summed E-state index contributed by atoms with van der Waals surface area (Å²) in [6.07, 6.45) is 2.61. The molecule has 138 valence electrons. The number of para-hydroxylation sites is 1. The van der Waals surface area contributed by atoms with Crippen LogP contribution in [-0.2, 0) is 16.0 Å². The van der Waals surface area contributed by atoms with Crippen molar-refractivity contribution in [3.8, 4) is 0 Å². The van der Waals surface area contributed by atoms with E-state index in [0.717, 1.165) is 29.8 Å². The number of carbonyl (C=O) groups is 2. The Morgan fingerprint density at radius 3 is 2.78 bits per heavy atom. The quantitative estimate of drug-likeness (QED) is 0.671. The molecule has 3 heterocycles. The normalized spacial score (nSPS) is 14.7. The Labute approximate surface area is 157 Å². The van der Waals surface area contributed by atoms with Gasteiger partial charge in [-0.25, -0.2) is 9.78 Å². The molecular weight excluding hydrogens is 342 g/mol. The van der Waals surface area contributed by atoms with E-state index in [1.54, 1.807) is 18.0 Å². The number of rotatable bonds is 3.